The van der Waals surface area contributed by atoms with Gasteiger partial charge in [-0.15, -0.1) is 0 Å². The summed E-state index contributed by atoms with van der Waals surface area (Å²) in [6.07, 6.45) is 1.78. The monoisotopic (exact) mass is 582 g/mol. The number of carbonyl (C=O) groups is 3. The Morgan fingerprint density at radius 3 is 1.90 bits per heavy atom. The Labute approximate surface area is 239 Å². The van der Waals surface area contributed by atoms with Crippen molar-refractivity contribution in [3.8, 4) is 0 Å². The lowest BCUT2D eigenvalue weighted by atomic mass is 9.85. The fourth-order valence-corrected chi connectivity index (χ4v) is 5.44. The number of hydrogen-bond acceptors (Lipinski definition) is 8. The van der Waals surface area contributed by atoms with Gasteiger partial charge in [0.1, 0.15) is 18.7 Å². The number of methoxy groups -OCH3 is 1. The molecular formula is C30H34N2O8S. The summed E-state index contributed by atoms with van der Waals surface area (Å²) in [6, 6.07) is 25.6. The van der Waals surface area contributed by atoms with Crippen LogP contribution < -0.4 is 10.0 Å². The highest BCUT2D eigenvalue weighted by Gasteiger charge is 2.36. The molecule has 218 valence electrons. The summed E-state index contributed by atoms with van der Waals surface area (Å²) in [6.45, 7) is 0.835. The number of esters is 2. The summed E-state index contributed by atoms with van der Waals surface area (Å²) in [5.74, 6) is -4.02. The molecule has 1 saturated heterocycles. The average molecular weight is 583 g/mol. The van der Waals surface area contributed by atoms with Crippen LogP contribution >= 0.6 is 0 Å². The first-order valence-electron chi connectivity index (χ1n) is 13.0. The molecular weight excluding hydrogens is 548 g/mol. The van der Waals surface area contributed by atoms with Crippen molar-refractivity contribution < 1.29 is 37.4 Å². The molecule has 4 rings (SSSR count). The molecule has 1 aliphatic heterocycles. The number of carboxylic acids is 1. The van der Waals surface area contributed by atoms with Gasteiger partial charge in [0.2, 0.25) is 10.0 Å². The van der Waals surface area contributed by atoms with Crippen molar-refractivity contribution in [2.45, 2.75) is 37.5 Å². The van der Waals surface area contributed by atoms with Crippen LogP contribution in [0.1, 0.15) is 35.4 Å². The number of sulfonamides is 1. The first-order chi connectivity index (χ1) is 19.7. The van der Waals surface area contributed by atoms with Crippen molar-refractivity contribution in [2.24, 2.45) is 0 Å². The van der Waals surface area contributed by atoms with Crippen molar-refractivity contribution in [2.75, 3.05) is 19.4 Å². The third-order valence-corrected chi connectivity index (χ3v) is 7.56. The number of carboxylic acid groups (broad SMARTS) is 1. The molecule has 3 N–H and O–H groups in total. The van der Waals surface area contributed by atoms with E-state index < -0.39 is 45.6 Å². The van der Waals surface area contributed by atoms with Gasteiger partial charge < -0.3 is 19.9 Å². The van der Waals surface area contributed by atoms with E-state index in [0.29, 0.717) is 11.1 Å². The summed E-state index contributed by atoms with van der Waals surface area (Å²) < 4.78 is 37.9. The van der Waals surface area contributed by atoms with Crippen LogP contribution in [0.5, 0.6) is 0 Å². The predicted molar refractivity (Wildman–Crippen MR) is 152 cm³/mol. The third-order valence-electron chi connectivity index (χ3n) is 6.33. The minimum absolute atomic E-state index is 0.0226. The van der Waals surface area contributed by atoms with Gasteiger partial charge in [-0.1, -0.05) is 91.0 Å². The van der Waals surface area contributed by atoms with Crippen molar-refractivity contribution in [3.05, 3.63) is 108 Å². The maximum atomic E-state index is 13.3. The predicted octanol–water partition coefficient (Wildman–Crippen LogP) is 2.85. The fraction of sp³-hybridized carbons (Fsp3) is 0.300. The second kappa shape index (κ2) is 15.7. The normalized spacial score (nSPS) is 15.3. The van der Waals surface area contributed by atoms with E-state index in [1.807, 2.05) is 54.6 Å². The smallest absolute Gasteiger partial charge is 0.325 e. The third kappa shape index (κ3) is 10.1. The van der Waals surface area contributed by atoms with Gasteiger partial charge in [0.05, 0.1) is 7.11 Å². The molecule has 0 amide bonds. The highest BCUT2D eigenvalue weighted by Crippen LogP contribution is 2.29. The highest BCUT2D eigenvalue weighted by atomic mass is 32.2. The molecule has 0 spiro atoms. The zero-order valence-electron chi connectivity index (χ0n) is 22.6. The zero-order valence-corrected chi connectivity index (χ0v) is 23.5. The van der Waals surface area contributed by atoms with Crippen LogP contribution in [0.2, 0.25) is 0 Å². The van der Waals surface area contributed by atoms with Crippen molar-refractivity contribution in [1.29, 1.82) is 0 Å². The summed E-state index contributed by atoms with van der Waals surface area (Å²) in [4.78, 5) is 35.1. The van der Waals surface area contributed by atoms with Gasteiger partial charge in [-0.25, -0.2) is 8.42 Å². The van der Waals surface area contributed by atoms with Crippen LogP contribution in [0.4, 0.5) is 0 Å². The van der Waals surface area contributed by atoms with E-state index in [1.165, 1.54) is 0 Å². The summed E-state index contributed by atoms with van der Waals surface area (Å²) in [7, 11) is -3.11. The van der Waals surface area contributed by atoms with Crippen LogP contribution in [0.3, 0.4) is 0 Å². The van der Waals surface area contributed by atoms with E-state index >= 15 is 0 Å². The molecule has 10 nitrogen and oxygen atoms in total. The lowest BCUT2D eigenvalue weighted by Gasteiger charge is -2.27. The quantitative estimate of drug-likeness (QED) is 0.290. The van der Waals surface area contributed by atoms with Gasteiger partial charge in [0.25, 0.3) is 0 Å². The molecule has 0 aromatic heterocycles. The Kier molecular flexibility index (Phi) is 12.0. The summed E-state index contributed by atoms with van der Waals surface area (Å²) >= 11 is 0. The standard InChI is InChI=1S/C25H25NO6S.C5H9NO2/c1-31-22(27)18-33(29,30)26-24(25(28)32-17-19-11-5-2-6-12-19)23(20-13-7-3-8-14-20)21-15-9-4-10-16-21;7-5(8)4-2-1-3-6-4/h2-16,23-24,26H,17-18H2,1H3;4,6H,1-3H2,(H,7,8)/t24-;4-/m00/s1. The number of rotatable bonds is 11. The minimum atomic E-state index is -4.21. The van der Waals surface area contributed by atoms with Gasteiger partial charge in [0.15, 0.2) is 5.75 Å². The Morgan fingerprint density at radius 1 is 0.927 bits per heavy atom. The number of hydrogen-bond donors (Lipinski definition) is 3. The lowest BCUT2D eigenvalue weighted by Crippen LogP contribution is -2.47. The fourth-order valence-electron chi connectivity index (χ4n) is 4.31. The van der Waals surface area contributed by atoms with Crippen molar-refractivity contribution in [3.63, 3.8) is 0 Å². The molecule has 11 heteroatoms. The topological polar surface area (TPSA) is 148 Å². The SMILES string of the molecule is COC(=O)CS(=O)(=O)N[C@H](C(=O)OCc1ccccc1)C(c1ccccc1)c1ccccc1.O=C(O)[C@@H]1CCCN1. The molecule has 0 unspecified atom stereocenters. The molecule has 0 saturated carbocycles. The zero-order chi connectivity index (χ0) is 29.7. The second-order valence-electron chi connectivity index (χ2n) is 9.31. The van der Waals surface area contributed by atoms with Crippen molar-refractivity contribution >= 4 is 27.9 Å². The highest BCUT2D eigenvalue weighted by molar-refractivity contribution is 7.90. The van der Waals surface area contributed by atoms with Crippen molar-refractivity contribution in [1.82, 2.24) is 10.0 Å². The maximum absolute atomic E-state index is 13.3. The van der Waals surface area contributed by atoms with E-state index in [9.17, 15) is 22.8 Å². The molecule has 0 radical (unpaired) electrons. The Bertz CT molecular complexity index is 1320. The first-order valence-corrected chi connectivity index (χ1v) is 14.7. The van der Waals surface area contributed by atoms with E-state index in [2.05, 4.69) is 14.8 Å². The van der Waals surface area contributed by atoms with Gasteiger partial charge in [0, 0.05) is 5.92 Å². The van der Waals surface area contributed by atoms with E-state index in [1.54, 1.807) is 36.4 Å². The Morgan fingerprint density at radius 2 is 1.46 bits per heavy atom. The number of carbonyl (C=O) groups excluding carboxylic acids is 2. The number of nitrogens with one attached hydrogen (secondary N) is 2. The molecule has 41 heavy (non-hydrogen) atoms. The second-order valence-corrected chi connectivity index (χ2v) is 11.1. The van der Waals surface area contributed by atoms with Gasteiger partial charge >= 0.3 is 17.9 Å². The minimum Gasteiger partial charge on any atom is -0.480 e. The average Bonchev–Trinajstić information content (AvgIpc) is 3.53. The molecule has 2 atom stereocenters. The van der Waals surface area contributed by atoms with Crippen LogP contribution in [0.25, 0.3) is 0 Å². The van der Waals surface area contributed by atoms with Crippen LogP contribution in [0, 0.1) is 0 Å². The molecule has 1 fully saturated rings. The lowest BCUT2D eigenvalue weighted by molar-refractivity contribution is -0.147. The van der Waals surface area contributed by atoms with E-state index in [-0.39, 0.29) is 12.6 Å². The molecule has 3 aromatic rings. The van der Waals surface area contributed by atoms with Gasteiger partial charge in [-0.2, -0.15) is 4.72 Å². The van der Waals surface area contributed by atoms with E-state index in [0.717, 1.165) is 32.1 Å². The Balaban J connectivity index is 0.000000496. The molecule has 3 aromatic carbocycles. The molecule has 0 bridgehead atoms. The Hall–Kier alpha value is -4.06. The van der Waals surface area contributed by atoms with E-state index in [4.69, 9.17) is 9.84 Å². The molecule has 0 aliphatic carbocycles. The largest absolute Gasteiger partial charge is 0.480 e. The van der Waals surface area contributed by atoms with Gasteiger partial charge in [-0.05, 0) is 36.1 Å². The number of benzene rings is 3. The maximum Gasteiger partial charge on any atom is 0.325 e. The summed E-state index contributed by atoms with van der Waals surface area (Å²) in [5.41, 5.74) is 2.19. The van der Waals surface area contributed by atoms with Crippen LogP contribution in [-0.4, -0.2) is 62.9 Å². The molecule has 1 aliphatic rings. The van der Waals surface area contributed by atoms with Crippen LogP contribution in [0.15, 0.2) is 91.0 Å². The first kappa shape index (κ1) is 31.5. The number of aliphatic carboxylic acids is 1. The number of ether oxygens (including phenoxy) is 2. The van der Waals surface area contributed by atoms with Crippen LogP contribution in [-0.2, 0) is 40.5 Å². The summed E-state index contributed by atoms with van der Waals surface area (Å²) in [5, 5.41) is 11.2. The van der Waals surface area contributed by atoms with Gasteiger partial charge in [-0.3, -0.25) is 14.4 Å². The molecule has 1 heterocycles.